The maximum absolute atomic E-state index is 11.4. The zero-order valence-corrected chi connectivity index (χ0v) is 11.4. The highest BCUT2D eigenvalue weighted by Crippen LogP contribution is 2.19. The Hall–Kier alpha value is -1.85. The number of nitrogens with one attached hydrogen (secondary N) is 1. The molecule has 0 aromatic carbocycles. The third kappa shape index (κ3) is 5.54. The van der Waals surface area contributed by atoms with Gasteiger partial charge in [-0.05, 0) is 27.2 Å². The van der Waals surface area contributed by atoms with Crippen LogP contribution in [0.25, 0.3) is 0 Å². The molecule has 1 unspecified atom stereocenters. The molecule has 1 fully saturated rings. The summed E-state index contributed by atoms with van der Waals surface area (Å²) < 4.78 is 9.81. The van der Waals surface area contributed by atoms with E-state index in [1.807, 2.05) is 6.92 Å². The number of hydrogen-bond acceptors (Lipinski definition) is 5. The third-order valence-corrected chi connectivity index (χ3v) is 2.59. The van der Waals surface area contributed by atoms with Crippen molar-refractivity contribution in [2.45, 2.75) is 45.3 Å². The Morgan fingerprint density at radius 3 is 2.53 bits per heavy atom. The molecular weight excluding hydrogens is 250 g/mol. The first-order valence-electron chi connectivity index (χ1n) is 6.17. The second-order valence-electron chi connectivity index (χ2n) is 5.04. The minimum Gasteiger partial charge on any atom is -0.460 e. The van der Waals surface area contributed by atoms with Crippen LogP contribution in [0.3, 0.4) is 0 Å². The summed E-state index contributed by atoms with van der Waals surface area (Å²) in [6.45, 7) is 5.32. The standard InChI is InChI=1S/C13H19NO5/c1-9(2)19-12(17)5-4-11(16)18-8-13(3)7-6-10(15)14-13/h4-5,9H,6-8H2,1-3H3,(H,14,15)/b5-4+. The molecule has 1 atom stereocenters. The Balaban J connectivity index is 2.34. The Bertz CT molecular complexity index is 402. The fourth-order valence-corrected chi connectivity index (χ4v) is 1.65. The van der Waals surface area contributed by atoms with Crippen LogP contribution in [0.4, 0.5) is 0 Å². The first-order chi connectivity index (χ1) is 8.81. The molecule has 1 N–H and O–H groups in total. The van der Waals surface area contributed by atoms with Crippen LogP contribution in [-0.2, 0) is 23.9 Å². The SMILES string of the molecule is CC(C)OC(=O)/C=C/C(=O)OCC1(C)CCC(=O)N1. The normalized spacial score (nSPS) is 22.6. The van der Waals surface area contributed by atoms with Crippen LogP contribution < -0.4 is 5.32 Å². The first kappa shape index (κ1) is 15.2. The molecule has 0 aromatic rings. The van der Waals surface area contributed by atoms with Crippen molar-refractivity contribution in [2.24, 2.45) is 0 Å². The van der Waals surface area contributed by atoms with Gasteiger partial charge in [-0.2, -0.15) is 0 Å². The Labute approximate surface area is 112 Å². The van der Waals surface area contributed by atoms with Gasteiger partial charge in [0.05, 0.1) is 11.6 Å². The monoisotopic (exact) mass is 269 g/mol. The second kappa shape index (κ2) is 6.36. The van der Waals surface area contributed by atoms with Gasteiger partial charge in [0, 0.05) is 18.6 Å². The van der Waals surface area contributed by atoms with Crippen molar-refractivity contribution in [2.75, 3.05) is 6.61 Å². The Morgan fingerprint density at radius 2 is 2.00 bits per heavy atom. The summed E-state index contributed by atoms with van der Waals surface area (Å²) in [5.74, 6) is -1.27. The van der Waals surface area contributed by atoms with E-state index in [-0.39, 0.29) is 18.6 Å². The average Bonchev–Trinajstić information content (AvgIpc) is 2.64. The van der Waals surface area contributed by atoms with Crippen molar-refractivity contribution >= 4 is 17.8 Å². The van der Waals surface area contributed by atoms with E-state index in [9.17, 15) is 14.4 Å². The van der Waals surface area contributed by atoms with Gasteiger partial charge < -0.3 is 14.8 Å². The number of hydrogen-bond donors (Lipinski definition) is 1. The van der Waals surface area contributed by atoms with Crippen molar-refractivity contribution in [1.29, 1.82) is 0 Å². The lowest BCUT2D eigenvalue weighted by Crippen LogP contribution is -2.43. The van der Waals surface area contributed by atoms with E-state index in [1.165, 1.54) is 0 Å². The predicted octanol–water partition coefficient (Wildman–Crippen LogP) is 0.706. The van der Waals surface area contributed by atoms with Gasteiger partial charge in [-0.1, -0.05) is 0 Å². The fraction of sp³-hybridized carbons (Fsp3) is 0.615. The lowest BCUT2D eigenvalue weighted by atomic mass is 10.0. The molecule has 0 saturated carbocycles. The van der Waals surface area contributed by atoms with Crippen LogP contribution in [0.2, 0.25) is 0 Å². The number of amides is 1. The number of esters is 2. The molecule has 1 amide bonds. The van der Waals surface area contributed by atoms with Crippen molar-refractivity contribution in [1.82, 2.24) is 5.32 Å². The molecule has 6 nitrogen and oxygen atoms in total. The lowest BCUT2D eigenvalue weighted by molar-refractivity contribution is -0.143. The number of rotatable bonds is 5. The van der Waals surface area contributed by atoms with Crippen LogP contribution in [-0.4, -0.2) is 36.1 Å². The molecule has 1 aliphatic rings. The van der Waals surface area contributed by atoms with Gasteiger partial charge >= 0.3 is 11.9 Å². The minimum atomic E-state index is -0.636. The number of ether oxygens (including phenoxy) is 2. The Morgan fingerprint density at radius 1 is 1.37 bits per heavy atom. The van der Waals surface area contributed by atoms with Gasteiger partial charge in [-0.15, -0.1) is 0 Å². The molecule has 1 saturated heterocycles. The van der Waals surface area contributed by atoms with Crippen molar-refractivity contribution in [3.05, 3.63) is 12.2 Å². The molecule has 6 heteroatoms. The van der Waals surface area contributed by atoms with E-state index >= 15 is 0 Å². The molecular formula is C13H19NO5. The van der Waals surface area contributed by atoms with Crippen LogP contribution in [0.15, 0.2) is 12.2 Å². The number of carbonyl (C=O) groups excluding carboxylic acids is 3. The first-order valence-corrected chi connectivity index (χ1v) is 6.17. The third-order valence-electron chi connectivity index (χ3n) is 2.59. The van der Waals surface area contributed by atoms with E-state index < -0.39 is 17.5 Å². The van der Waals surface area contributed by atoms with Crippen LogP contribution >= 0.6 is 0 Å². The maximum Gasteiger partial charge on any atom is 0.331 e. The van der Waals surface area contributed by atoms with Gasteiger partial charge in [0.25, 0.3) is 0 Å². The van der Waals surface area contributed by atoms with E-state index in [4.69, 9.17) is 9.47 Å². The highest BCUT2D eigenvalue weighted by Gasteiger charge is 2.34. The molecule has 1 heterocycles. The molecule has 106 valence electrons. The lowest BCUT2D eigenvalue weighted by Gasteiger charge is -2.22. The molecule has 0 bridgehead atoms. The Kier molecular flexibility index (Phi) is 5.09. The fourth-order valence-electron chi connectivity index (χ4n) is 1.65. The van der Waals surface area contributed by atoms with Crippen molar-refractivity contribution in [3.63, 3.8) is 0 Å². The van der Waals surface area contributed by atoms with Gasteiger partial charge in [-0.25, -0.2) is 9.59 Å². The number of carbonyl (C=O) groups is 3. The van der Waals surface area contributed by atoms with E-state index in [2.05, 4.69) is 5.32 Å². The smallest absolute Gasteiger partial charge is 0.331 e. The molecule has 19 heavy (non-hydrogen) atoms. The topological polar surface area (TPSA) is 81.7 Å². The molecule has 0 aliphatic carbocycles. The van der Waals surface area contributed by atoms with E-state index in [0.29, 0.717) is 12.8 Å². The quantitative estimate of drug-likeness (QED) is 0.587. The summed E-state index contributed by atoms with van der Waals surface area (Å²) >= 11 is 0. The molecule has 0 radical (unpaired) electrons. The summed E-state index contributed by atoms with van der Waals surface area (Å²) in [7, 11) is 0. The van der Waals surface area contributed by atoms with Gasteiger partial charge in [0.1, 0.15) is 6.61 Å². The van der Waals surface area contributed by atoms with Crippen LogP contribution in [0.1, 0.15) is 33.6 Å². The summed E-state index contributed by atoms with van der Waals surface area (Å²) in [6, 6.07) is 0. The van der Waals surface area contributed by atoms with Crippen LogP contribution in [0.5, 0.6) is 0 Å². The highest BCUT2D eigenvalue weighted by atomic mass is 16.5. The summed E-state index contributed by atoms with van der Waals surface area (Å²) in [6.07, 6.45) is 2.87. The largest absolute Gasteiger partial charge is 0.460 e. The average molecular weight is 269 g/mol. The molecule has 0 aromatic heterocycles. The summed E-state index contributed by atoms with van der Waals surface area (Å²) in [5.41, 5.74) is -0.515. The second-order valence-corrected chi connectivity index (χ2v) is 5.04. The van der Waals surface area contributed by atoms with Gasteiger partial charge in [0.15, 0.2) is 0 Å². The molecule has 0 spiro atoms. The maximum atomic E-state index is 11.4. The van der Waals surface area contributed by atoms with Crippen molar-refractivity contribution in [3.8, 4) is 0 Å². The molecule has 1 rings (SSSR count). The van der Waals surface area contributed by atoms with Gasteiger partial charge in [0.2, 0.25) is 5.91 Å². The van der Waals surface area contributed by atoms with Gasteiger partial charge in [-0.3, -0.25) is 4.79 Å². The van der Waals surface area contributed by atoms with E-state index in [1.54, 1.807) is 13.8 Å². The summed E-state index contributed by atoms with van der Waals surface area (Å²) in [4.78, 5) is 33.6. The van der Waals surface area contributed by atoms with Crippen molar-refractivity contribution < 1.29 is 23.9 Å². The zero-order chi connectivity index (χ0) is 14.5. The zero-order valence-electron chi connectivity index (χ0n) is 11.4. The molecule has 1 aliphatic heterocycles. The van der Waals surface area contributed by atoms with Crippen LogP contribution in [0, 0.1) is 0 Å². The summed E-state index contributed by atoms with van der Waals surface area (Å²) in [5, 5.41) is 2.74. The van der Waals surface area contributed by atoms with E-state index in [0.717, 1.165) is 12.2 Å². The predicted molar refractivity (Wildman–Crippen MR) is 67.1 cm³/mol. The highest BCUT2D eigenvalue weighted by molar-refractivity contribution is 5.91. The minimum absolute atomic E-state index is 0.0467.